The first-order valence-electron chi connectivity index (χ1n) is 7.48. The van der Waals surface area contributed by atoms with E-state index in [9.17, 15) is 4.79 Å². The van der Waals surface area contributed by atoms with Crippen LogP contribution >= 0.6 is 0 Å². The summed E-state index contributed by atoms with van der Waals surface area (Å²) in [6, 6.07) is 13.9. The lowest BCUT2D eigenvalue weighted by Gasteiger charge is -2.04. The average Bonchev–Trinajstić information content (AvgIpc) is 3.15. The second kappa shape index (κ2) is 7.48. The summed E-state index contributed by atoms with van der Waals surface area (Å²) in [5.41, 5.74) is 1.16. The van der Waals surface area contributed by atoms with Crippen LogP contribution in [0.25, 0.3) is 11.4 Å². The van der Waals surface area contributed by atoms with E-state index in [1.165, 1.54) is 7.11 Å². The van der Waals surface area contributed by atoms with Crippen LogP contribution in [0.4, 0.5) is 0 Å². The van der Waals surface area contributed by atoms with Gasteiger partial charge in [0.25, 0.3) is 5.89 Å². The van der Waals surface area contributed by atoms with E-state index in [0.29, 0.717) is 17.1 Å². The third kappa shape index (κ3) is 3.95. The first kappa shape index (κ1) is 16.5. The van der Waals surface area contributed by atoms with Crippen molar-refractivity contribution in [2.75, 3.05) is 14.2 Å². The summed E-state index contributed by atoms with van der Waals surface area (Å²) in [5.74, 6) is 1.44. The van der Waals surface area contributed by atoms with Crippen molar-refractivity contribution in [1.29, 1.82) is 0 Å². The van der Waals surface area contributed by atoms with Gasteiger partial charge in [-0.15, -0.1) is 0 Å². The fourth-order valence-electron chi connectivity index (χ4n) is 2.13. The minimum absolute atomic E-state index is 0.112. The molecule has 0 unspecified atom stereocenters. The molecule has 0 amide bonds. The Morgan fingerprint density at radius 1 is 1.04 bits per heavy atom. The molecular weight excluding hydrogens is 324 g/mol. The molecule has 0 saturated heterocycles. The molecule has 0 radical (unpaired) electrons. The molecule has 0 saturated carbocycles. The molecule has 7 heteroatoms. The molecule has 0 fully saturated rings. The Bertz CT molecular complexity index is 858. The van der Waals surface area contributed by atoms with Crippen LogP contribution in [0.15, 0.2) is 53.1 Å². The quantitative estimate of drug-likeness (QED) is 0.637. The molecule has 7 nitrogen and oxygen atoms in total. The van der Waals surface area contributed by atoms with Crippen LogP contribution in [0.3, 0.4) is 0 Å². The third-order valence-corrected chi connectivity index (χ3v) is 3.45. The van der Waals surface area contributed by atoms with Crippen LogP contribution in [0.1, 0.15) is 16.2 Å². The number of methoxy groups -OCH3 is 2. The number of carbonyl (C=O) groups excluding carboxylic acids is 1. The predicted molar refractivity (Wildman–Crippen MR) is 88.4 cm³/mol. The molecule has 128 valence electrons. The second-order valence-electron chi connectivity index (χ2n) is 5.05. The van der Waals surface area contributed by atoms with Gasteiger partial charge in [-0.05, 0) is 42.5 Å². The molecule has 3 rings (SSSR count). The molecule has 0 spiro atoms. The fraction of sp³-hybridized carbons (Fsp3) is 0.167. The molecule has 3 aromatic rings. The lowest BCUT2D eigenvalue weighted by atomic mass is 10.2. The summed E-state index contributed by atoms with van der Waals surface area (Å²) in [6.45, 7) is -0.112. The lowest BCUT2D eigenvalue weighted by Crippen LogP contribution is -2.05. The molecule has 2 aromatic carbocycles. The molecule has 0 aliphatic rings. The highest BCUT2D eigenvalue weighted by Gasteiger charge is 2.13. The van der Waals surface area contributed by atoms with Crippen molar-refractivity contribution in [3.05, 3.63) is 60.0 Å². The average molecular weight is 340 g/mol. The van der Waals surface area contributed by atoms with Crippen molar-refractivity contribution in [2.45, 2.75) is 6.61 Å². The van der Waals surface area contributed by atoms with E-state index in [1.807, 2.05) is 12.1 Å². The number of carbonyl (C=O) groups is 1. The van der Waals surface area contributed by atoms with Crippen molar-refractivity contribution in [1.82, 2.24) is 10.1 Å². The van der Waals surface area contributed by atoms with Gasteiger partial charge in [-0.3, -0.25) is 0 Å². The number of esters is 1. The molecule has 25 heavy (non-hydrogen) atoms. The number of hydrogen-bond acceptors (Lipinski definition) is 7. The smallest absolute Gasteiger partial charge is 0.338 e. The zero-order chi connectivity index (χ0) is 17.6. The van der Waals surface area contributed by atoms with E-state index in [-0.39, 0.29) is 12.5 Å². The molecule has 0 aliphatic carbocycles. The molecule has 1 aromatic heterocycles. The minimum atomic E-state index is -0.497. The Balaban J connectivity index is 1.63. The minimum Gasteiger partial charge on any atom is -0.497 e. The van der Waals surface area contributed by atoms with Gasteiger partial charge in [-0.2, -0.15) is 4.98 Å². The summed E-state index contributed by atoms with van der Waals surface area (Å²) < 4.78 is 20.5. The number of nitrogens with zero attached hydrogens (tertiary/aromatic N) is 2. The molecule has 0 bridgehead atoms. The fourth-order valence-corrected chi connectivity index (χ4v) is 2.13. The standard InChI is InChI=1S/C18H16N2O5/c1-22-14-8-6-12(7-9-14)17-19-16(25-20-17)11-24-18(21)13-4-3-5-15(10-13)23-2/h3-10H,11H2,1-2H3. The Labute approximate surface area is 144 Å². The van der Waals surface area contributed by atoms with E-state index in [0.717, 1.165) is 11.3 Å². The SMILES string of the molecule is COc1ccc(-c2noc(COC(=O)c3cccc(OC)c3)n2)cc1. The van der Waals surface area contributed by atoms with Crippen LogP contribution < -0.4 is 9.47 Å². The number of rotatable bonds is 6. The van der Waals surface area contributed by atoms with Crippen molar-refractivity contribution in [2.24, 2.45) is 0 Å². The maximum Gasteiger partial charge on any atom is 0.338 e. The largest absolute Gasteiger partial charge is 0.497 e. The van der Waals surface area contributed by atoms with Gasteiger partial charge in [0, 0.05) is 5.56 Å². The summed E-state index contributed by atoms with van der Waals surface area (Å²) in [5, 5.41) is 3.88. The van der Waals surface area contributed by atoms with Crippen LogP contribution in [-0.4, -0.2) is 30.3 Å². The Hall–Kier alpha value is -3.35. The van der Waals surface area contributed by atoms with Crippen LogP contribution in [0, 0.1) is 0 Å². The van der Waals surface area contributed by atoms with Gasteiger partial charge in [-0.25, -0.2) is 4.79 Å². The van der Waals surface area contributed by atoms with Crippen molar-refractivity contribution in [3.8, 4) is 22.9 Å². The maximum atomic E-state index is 12.1. The van der Waals surface area contributed by atoms with Crippen molar-refractivity contribution in [3.63, 3.8) is 0 Å². The number of hydrogen-bond donors (Lipinski definition) is 0. The first-order valence-corrected chi connectivity index (χ1v) is 7.48. The van der Waals surface area contributed by atoms with Gasteiger partial charge in [0.2, 0.25) is 5.82 Å². The van der Waals surface area contributed by atoms with Crippen molar-refractivity contribution >= 4 is 5.97 Å². The molecule has 0 N–H and O–H groups in total. The number of benzene rings is 2. The molecular formula is C18H16N2O5. The topological polar surface area (TPSA) is 83.7 Å². The Kier molecular flexibility index (Phi) is 4.94. The number of aromatic nitrogens is 2. The van der Waals surface area contributed by atoms with Gasteiger partial charge >= 0.3 is 5.97 Å². The monoisotopic (exact) mass is 340 g/mol. The number of ether oxygens (including phenoxy) is 3. The summed E-state index contributed by atoms with van der Waals surface area (Å²) >= 11 is 0. The maximum absolute atomic E-state index is 12.1. The second-order valence-corrected chi connectivity index (χ2v) is 5.05. The van der Waals surface area contributed by atoms with Gasteiger partial charge in [0.05, 0.1) is 19.8 Å². The van der Waals surface area contributed by atoms with Crippen molar-refractivity contribution < 1.29 is 23.5 Å². The Morgan fingerprint density at radius 3 is 2.52 bits per heavy atom. The van der Waals surface area contributed by atoms with Crippen LogP contribution in [-0.2, 0) is 11.3 Å². The highest BCUT2D eigenvalue weighted by atomic mass is 16.6. The van der Waals surface area contributed by atoms with Gasteiger partial charge in [0.15, 0.2) is 6.61 Å². The van der Waals surface area contributed by atoms with E-state index in [2.05, 4.69) is 10.1 Å². The summed E-state index contributed by atoms with van der Waals surface area (Å²) in [4.78, 5) is 16.3. The summed E-state index contributed by atoms with van der Waals surface area (Å²) in [6.07, 6.45) is 0. The van der Waals surface area contributed by atoms with Gasteiger partial charge < -0.3 is 18.7 Å². The van der Waals surface area contributed by atoms with E-state index >= 15 is 0 Å². The van der Waals surface area contributed by atoms with E-state index in [4.69, 9.17) is 18.7 Å². The summed E-state index contributed by atoms with van der Waals surface area (Å²) in [7, 11) is 3.13. The normalized spacial score (nSPS) is 10.3. The zero-order valence-corrected chi connectivity index (χ0v) is 13.8. The lowest BCUT2D eigenvalue weighted by molar-refractivity contribution is 0.0429. The zero-order valence-electron chi connectivity index (χ0n) is 13.8. The molecule has 1 heterocycles. The molecule has 0 aliphatic heterocycles. The van der Waals surface area contributed by atoms with E-state index in [1.54, 1.807) is 43.5 Å². The Morgan fingerprint density at radius 2 is 1.80 bits per heavy atom. The highest BCUT2D eigenvalue weighted by Crippen LogP contribution is 2.20. The van der Waals surface area contributed by atoms with E-state index < -0.39 is 5.97 Å². The predicted octanol–water partition coefficient (Wildman–Crippen LogP) is 3.11. The molecule has 0 atom stereocenters. The van der Waals surface area contributed by atoms with Crippen LogP contribution in [0.2, 0.25) is 0 Å². The third-order valence-electron chi connectivity index (χ3n) is 3.45. The van der Waals surface area contributed by atoms with Gasteiger partial charge in [0.1, 0.15) is 11.5 Å². The van der Waals surface area contributed by atoms with Crippen LogP contribution in [0.5, 0.6) is 11.5 Å². The van der Waals surface area contributed by atoms with Gasteiger partial charge in [-0.1, -0.05) is 11.2 Å². The first-order chi connectivity index (χ1) is 12.2. The highest BCUT2D eigenvalue weighted by molar-refractivity contribution is 5.89.